The van der Waals surface area contributed by atoms with Gasteiger partial charge in [0.1, 0.15) is 0 Å². The van der Waals surface area contributed by atoms with Gasteiger partial charge in [-0.25, -0.2) is 0 Å². The minimum atomic E-state index is 0.773. The van der Waals surface area contributed by atoms with E-state index >= 15 is 0 Å². The van der Waals surface area contributed by atoms with E-state index < -0.39 is 0 Å². The van der Waals surface area contributed by atoms with Crippen molar-refractivity contribution in [2.45, 2.75) is 77.0 Å². The molecule has 0 aliphatic heterocycles. The molecule has 2 aliphatic carbocycles. The summed E-state index contributed by atoms with van der Waals surface area (Å²) in [7, 11) is 0. The fraction of sp³-hybridized carbons (Fsp3) is 0.652. The van der Waals surface area contributed by atoms with Gasteiger partial charge < -0.3 is 0 Å². The van der Waals surface area contributed by atoms with Crippen LogP contribution in [-0.2, 0) is 0 Å². The first-order valence-electron chi connectivity index (χ1n) is 10.1. The number of benzene rings is 1. The zero-order valence-corrected chi connectivity index (χ0v) is 16.0. The Kier molecular flexibility index (Phi) is 6.84. The molecule has 1 aromatic rings. The second-order valence-corrected chi connectivity index (χ2v) is 8.59. The maximum Gasteiger partial charge on any atom is 0.0406 e. The molecule has 132 valence electrons. The molecule has 0 spiro atoms. The Morgan fingerprint density at radius 2 is 1.38 bits per heavy atom. The van der Waals surface area contributed by atoms with Gasteiger partial charge in [-0.2, -0.15) is 0 Å². The molecule has 0 heterocycles. The summed E-state index contributed by atoms with van der Waals surface area (Å²) in [5.74, 6) is 3.65. The first-order valence-corrected chi connectivity index (χ1v) is 10.5. The molecule has 2 fully saturated rings. The van der Waals surface area contributed by atoms with Crippen molar-refractivity contribution in [3.05, 3.63) is 47.0 Å². The third-order valence-electron chi connectivity index (χ3n) is 6.53. The van der Waals surface area contributed by atoms with E-state index in [9.17, 15) is 0 Å². The van der Waals surface area contributed by atoms with Crippen LogP contribution in [0.2, 0.25) is 5.02 Å². The lowest BCUT2D eigenvalue weighted by atomic mass is 9.74. The lowest BCUT2D eigenvalue weighted by Gasteiger charge is -2.31. The highest BCUT2D eigenvalue weighted by atomic mass is 35.5. The molecule has 0 aromatic heterocycles. The Morgan fingerprint density at radius 1 is 0.833 bits per heavy atom. The molecule has 0 N–H and O–H groups in total. The third-order valence-corrected chi connectivity index (χ3v) is 6.78. The van der Waals surface area contributed by atoms with E-state index in [0.717, 1.165) is 28.7 Å². The van der Waals surface area contributed by atoms with Crippen molar-refractivity contribution in [1.82, 2.24) is 0 Å². The highest BCUT2D eigenvalue weighted by Gasteiger charge is 2.24. The number of rotatable bonds is 5. The van der Waals surface area contributed by atoms with Gasteiger partial charge in [0.2, 0.25) is 0 Å². The summed E-state index contributed by atoms with van der Waals surface area (Å²) in [6, 6.07) is 8.56. The topological polar surface area (TPSA) is 0 Å². The van der Waals surface area contributed by atoms with Crippen LogP contribution in [0.5, 0.6) is 0 Å². The lowest BCUT2D eigenvalue weighted by Crippen LogP contribution is -2.17. The van der Waals surface area contributed by atoms with Crippen molar-refractivity contribution in [2.75, 3.05) is 0 Å². The van der Waals surface area contributed by atoms with Gasteiger partial charge in [0, 0.05) is 5.02 Å². The standard InChI is InChI=1S/C23H33Cl/c1-2-3-18-4-6-19(7-5-18)8-9-20-10-12-21(13-11-20)22-14-16-23(24)17-15-22/h2-3,14-21H,4-13H2,1H3. The Bertz CT molecular complexity index is 499. The Hall–Kier alpha value is -0.750. The van der Waals surface area contributed by atoms with Crippen molar-refractivity contribution in [3.8, 4) is 0 Å². The minimum Gasteiger partial charge on any atom is -0.0914 e. The number of allylic oxidation sites excluding steroid dienone is 2. The predicted octanol–water partition coefficient (Wildman–Crippen LogP) is 7.78. The monoisotopic (exact) mass is 344 g/mol. The maximum atomic E-state index is 6.01. The molecule has 1 heteroatoms. The number of hydrogen-bond donors (Lipinski definition) is 0. The molecule has 2 aliphatic rings. The zero-order chi connectivity index (χ0) is 16.8. The van der Waals surface area contributed by atoms with E-state index in [2.05, 4.69) is 31.2 Å². The van der Waals surface area contributed by atoms with Crippen LogP contribution in [0.4, 0.5) is 0 Å². The van der Waals surface area contributed by atoms with E-state index in [1.54, 1.807) is 0 Å². The molecule has 0 atom stereocenters. The van der Waals surface area contributed by atoms with Gasteiger partial charge >= 0.3 is 0 Å². The van der Waals surface area contributed by atoms with Crippen LogP contribution in [0.15, 0.2) is 36.4 Å². The van der Waals surface area contributed by atoms with Crippen LogP contribution < -0.4 is 0 Å². The zero-order valence-electron chi connectivity index (χ0n) is 15.2. The van der Waals surface area contributed by atoms with E-state index in [4.69, 9.17) is 11.6 Å². The molecule has 0 unspecified atom stereocenters. The molecule has 0 radical (unpaired) electrons. The third kappa shape index (κ3) is 5.12. The lowest BCUT2D eigenvalue weighted by molar-refractivity contribution is 0.246. The normalized spacial score (nSPS) is 31.4. The summed E-state index contributed by atoms with van der Waals surface area (Å²) in [5, 5.41) is 0.858. The molecule has 3 rings (SSSR count). The largest absolute Gasteiger partial charge is 0.0914 e. The van der Waals surface area contributed by atoms with Crippen molar-refractivity contribution < 1.29 is 0 Å². The smallest absolute Gasteiger partial charge is 0.0406 e. The van der Waals surface area contributed by atoms with E-state index in [1.165, 1.54) is 69.8 Å². The first kappa shape index (κ1) is 18.1. The molecule has 1 aromatic carbocycles. The number of hydrogen-bond acceptors (Lipinski definition) is 0. The van der Waals surface area contributed by atoms with Crippen LogP contribution >= 0.6 is 11.6 Å². The Balaban J connectivity index is 1.36. The van der Waals surface area contributed by atoms with Crippen LogP contribution in [-0.4, -0.2) is 0 Å². The Labute approximate surface area is 153 Å². The van der Waals surface area contributed by atoms with Crippen molar-refractivity contribution >= 4 is 11.6 Å². The van der Waals surface area contributed by atoms with Crippen LogP contribution in [0.1, 0.15) is 82.6 Å². The second-order valence-electron chi connectivity index (χ2n) is 8.15. The summed E-state index contributed by atoms with van der Waals surface area (Å²) in [4.78, 5) is 0. The summed E-state index contributed by atoms with van der Waals surface area (Å²) >= 11 is 6.01. The molecule has 0 bridgehead atoms. The van der Waals surface area contributed by atoms with Crippen LogP contribution in [0, 0.1) is 17.8 Å². The van der Waals surface area contributed by atoms with Crippen molar-refractivity contribution in [1.29, 1.82) is 0 Å². The summed E-state index contributed by atoms with van der Waals surface area (Å²) in [6.07, 6.45) is 19.0. The van der Waals surface area contributed by atoms with Gasteiger partial charge in [0.25, 0.3) is 0 Å². The molecular weight excluding hydrogens is 312 g/mol. The summed E-state index contributed by atoms with van der Waals surface area (Å²) < 4.78 is 0. The molecule has 0 nitrogen and oxygen atoms in total. The maximum absolute atomic E-state index is 6.01. The Morgan fingerprint density at radius 3 is 1.92 bits per heavy atom. The summed E-state index contributed by atoms with van der Waals surface area (Å²) in [6.45, 7) is 2.16. The van der Waals surface area contributed by atoms with Gasteiger partial charge in [-0.15, -0.1) is 0 Å². The van der Waals surface area contributed by atoms with Crippen molar-refractivity contribution in [2.24, 2.45) is 17.8 Å². The van der Waals surface area contributed by atoms with E-state index in [1.807, 2.05) is 12.1 Å². The fourth-order valence-electron chi connectivity index (χ4n) is 4.93. The SMILES string of the molecule is CC=CC1CCC(CCC2CCC(c3ccc(Cl)cc3)CC2)CC1. The minimum absolute atomic E-state index is 0.773. The average molecular weight is 345 g/mol. The number of halogens is 1. The second kappa shape index (κ2) is 9.09. The van der Waals surface area contributed by atoms with Crippen LogP contribution in [0.3, 0.4) is 0 Å². The molecular formula is C23H33Cl. The average Bonchev–Trinajstić information content (AvgIpc) is 2.63. The van der Waals surface area contributed by atoms with Crippen LogP contribution in [0.25, 0.3) is 0 Å². The fourth-order valence-corrected chi connectivity index (χ4v) is 5.06. The predicted molar refractivity (Wildman–Crippen MR) is 106 cm³/mol. The quantitative estimate of drug-likeness (QED) is 0.478. The van der Waals surface area contributed by atoms with Gasteiger partial charge in [0.15, 0.2) is 0 Å². The molecule has 0 amide bonds. The van der Waals surface area contributed by atoms with E-state index in [0.29, 0.717) is 0 Å². The van der Waals surface area contributed by atoms with Gasteiger partial charge in [-0.05, 0) is 99.7 Å². The van der Waals surface area contributed by atoms with Crippen molar-refractivity contribution in [3.63, 3.8) is 0 Å². The van der Waals surface area contributed by atoms with Gasteiger partial charge in [0.05, 0.1) is 0 Å². The first-order chi connectivity index (χ1) is 11.7. The highest BCUT2D eigenvalue weighted by molar-refractivity contribution is 6.30. The summed E-state index contributed by atoms with van der Waals surface area (Å²) in [5.41, 5.74) is 1.50. The molecule has 2 saturated carbocycles. The highest BCUT2D eigenvalue weighted by Crippen LogP contribution is 2.40. The molecule has 0 saturated heterocycles. The molecule has 24 heavy (non-hydrogen) atoms. The van der Waals surface area contributed by atoms with E-state index in [-0.39, 0.29) is 0 Å². The van der Waals surface area contributed by atoms with Gasteiger partial charge in [-0.1, -0.05) is 48.7 Å². The van der Waals surface area contributed by atoms with Gasteiger partial charge in [-0.3, -0.25) is 0 Å².